The number of amides is 1. The van der Waals surface area contributed by atoms with Crippen molar-refractivity contribution >= 4 is 17.2 Å². The van der Waals surface area contributed by atoms with E-state index in [9.17, 15) is 14.0 Å². The lowest BCUT2D eigenvalue weighted by molar-refractivity contribution is 0.0595. The highest BCUT2D eigenvalue weighted by molar-refractivity contribution is 7.13. The summed E-state index contributed by atoms with van der Waals surface area (Å²) in [5.74, 6) is -0.0325. The molecule has 1 fully saturated rings. The van der Waals surface area contributed by atoms with Gasteiger partial charge < -0.3 is 9.47 Å². The summed E-state index contributed by atoms with van der Waals surface area (Å²) in [7, 11) is 0. The van der Waals surface area contributed by atoms with Crippen molar-refractivity contribution in [2.75, 3.05) is 13.1 Å². The first kappa shape index (κ1) is 17.4. The van der Waals surface area contributed by atoms with Crippen LogP contribution < -0.4 is 5.56 Å². The lowest BCUT2D eigenvalue weighted by Gasteiger charge is -2.43. The fourth-order valence-electron chi connectivity index (χ4n) is 4.60. The van der Waals surface area contributed by atoms with E-state index in [2.05, 4.69) is 6.07 Å². The number of nitrogens with zero attached hydrogens (tertiary/aromatic N) is 2. The molecule has 4 nitrogen and oxygen atoms in total. The minimum atomic E-state index is -0.346. The van der Waals surface area contributed by atoms with Crippen molar-refractivity contribution in [3.63, 3.8) is 0 Å². The van der Waals surface area contributed by atoms with E-state index in [1.54, 1.807) is 17.4 Å². The zero-order valence-electron chi connectivity index (χ0n) is 15.2. The van der Waals surface area contributed by atoms with Gasteiger partial charge in [-0.05, 0) is 54.1 Å². The number of hydrogen-bond donors (Lipinski definition) is 0. The molecule has 4 heterocycles. The average molecular weight is 394 g/mol. The number of pyridine rings is 1. The van der Waals surface area contributed by atoms with Crippen LogP contribution in [0.5, 0.6) is 0 Å². The summed E-state index contributed by atoms with van der Waals surface area (Å²) in [6.45, 7) is 1.84. The number of likely N-dealkylation sites (tertiary alicyclic amines) is 1. The number of carbonyl (C=O) groups excluding carboxylic acids is 1. The largest absolute Gasteiger partial charge is 0.338 e. The fraction of sp³-hybridized carbons (Fsp3) is 0.273. The van der Waals surface area contributed by atoms with Gasteiger partial charge in [-0.1, -0.05) is 6.07 Å². The Morgan fingerprint density at radius 3 is 2.61 bits per heavy atom. The third-order valence-electron chi connectivity index (χ3n) is 5.76. The Kier molecular flexibility index (Phi) is 4.16. The van der Waals surface area contributed by atoms with E-state index < -0.39 is 0 Å². The molecule has 2 atom stereocenters. The molecule has 142 valence electrons. The molecule has 2 aromatic heterocycles. The molecule has 2 aliphatic heterocycles. The van der Waals surface area contributed by atoms with E-state index in [1.807, 2.05) is 27.0 Å². The molecule has 6 heteroatoms. The van der Waals surface area contributed by atoms with Crippen molar-refractivity contribution in [1.82, 2.24) is 9.47 Å². The van der Waals surface area contributed by atoms with Crippen LogP contribution in [0.1, 0.15) is 28.4 Å². The lowest BCUT2D eigenvalue weighted by Crippen LogP contribution is -2.49. The monoisotopic (exact) mass is 394 g/mol. The van der Waals surface area contributed by atoms with E-state index >= 15 is 0 Å². The summed E-state index contributed by atoms with van der Waals surface area (Å²) in [6.07, 6.45) is 0.981. The quantitative estimate of drug-likeness (QED) is 0.660. The third kappa shape index (κ3) is 2.88. The molecule has 0 aliphatic carbocycles. The number of thiophene rings is 1. The highest BCUT2D eigenvalue weighted by atomic mass is 32.1. The molecule has 3 aromatic rings. The summed E-state index contributed by atoms with van der Waals surface area (Å²) in [6, 6.07) is 13.4. The second-order valence-corrected chi connectivity index (χ2v) is 8.52. The summed E-state index contributed by atoms with van der Waals surface area (Å²) >= 11 is 1.66. The maximum atomic E-state index is 13.2. The highest BCUT2D eigenvalue weighted by Crippen LogP contribution is 2.41. The molecule has 5 rings (SSSR count). The van der Waals surface area contributed by atoms with Gasteiger partial charge in [0.05, 0.1) is 0 Å². The van der Waals surface area contributed by atoms with E-state index in [0.29, 0.717) is 25.2 Å². The van der Waals surface area contributed by atoms with Gasteiger partial charge in [0, 0.05) is 53.3 Å². The van der Waals surface area contributed by atoms with E-state index in [1.165, 1.54) is 24.3 Å². The van der Waals surface area contributed by atoms with Gasteiger partial charge in [-0.3, -0.25) is 9.59 Å². The Balaban J connectivity index is 1.52. The van der Waals surface area contributed by atoms with Gasteiger partial charge >= 0.3 is 0 Å². The Bertz CT molecular complexity index is 1090. The van der Waals surface area contributed by atoms with Crippen molar-refractivity contribution in [3.05, 3.63) is 81.3 Å². The smallest absolute Gasteiger partial charge is 0.253 e. The van der Waals surface area contributed by atoms with Crippen LogP contribution in [-0.4, -0.2) is 28.5 Å². The molecular formula is C22H19FN2O2S. The van der Waals surface area contributed by atoms with Crippen LogP contribution >= 0.6 is 11.3 Å². The number of piperidine rings is 1. The minimum Gasteiger partial charge on any atom is -0.338 e. The maximum absolute atomic E-state index is 13.2. The first-order valence-corrected chi connectivity index (χ1v) is 10.3. The number of benzene rings is 1. The van der Waals surface area contributed by atoms with Gasteiger partial charge in [-0.2, -0.15) is 0 Å². The molecule has 1 amide bonds. The topological polar surface area (TPSA) is 42.3 Å². The predicted molar refractivity (Wildman–Crippen MR) is 107 cm³/mol. The molecular weight excluding hydrogens is 375 g/mol. The zero-order chi connectivity index (χ0) is 19.3. The Morgan fingerprint density at radius 2 is 1.86 bits per heavy atom. The first-order valence-electron chi connectivity index (χ1n) is 9.42. The highest BCUT2D eigenvalue weighted by Gasteiger charge is 2.38. The van der Waals surface area contributed by atoms with Crippen molar-refractivity contribution in [3.8, 4) is 10.4 Å². The number of aromatic nitrogens is 1. The van der Waals surface area contributed by atoms with Gasteiger partial charge in [0.2, 0.25) is 0 Å². The predicted octanol–water partition coefficient (Wildman–Crippen LogP) is 3.98. The van der Waals surface area contributed by atoms with Crippen LogP contribution in [0.2, 0.25) is 0 Å². The van der Waals surface area contributed by atoms with Crippen LogP contribution in [0.25, 0.3) is 10.4 Å². The Hall–Kier alpha value is -2.73. The summed E-state index contributed by atoms with van der Waals surface area (Å²) < 4.78 is 15.1. The van der Waals surface area contributed by atoms with Crippen molar-refractivity contribution in [2.45, 2.75) is 18.9 Å². The first-order chi connectivity index (χ1) is 13.6. The Labute approximate surface area is 165 Å². The van der Waals surface area contributed by atoms with Crippen molar-refractivity contribution in [2.24, 2.45) is 5.92 Å². The maximum Gasteiger partial charge on any atom is 0.253 e. The number of fused-ring (bicyclic) bond motifs is 4. The van der Waals surface area contributed by atoms with Crippen LogP contribution in [0.4, 0.5) is 4.39 Å². The van der Waals surface area contributed by atoms with Gasteiger partial charge in [0.1, 0.15) is 5.82 Å². The van der Waals surface area contributed by atoms with E-state index in [4.69, 9.17) is 0 Å². The number of hydrogen-bond acceptors (Lipinski definition) is 3. The molecule has 2 bridgehead atoms. The van der Waals surface area contributed by atoms with Crippen molar-refractivity contribution in [1.29, 1.82) is 0 Å². The van der Waals surface area contributed by atoms with Crippen molar-refractivity contribution < 1.29 is 9.18 Å². The Morgan fingerprint density at radius 1 is 1.04 bits per heavy atom. The summed E-state index contributed by atoms with van der Waals surface area (Å²) in [4.78, 5) is 28.5. The SMILES string of the molecule is O=C(c1ccc(F)cc1)N1CC2CC(C1)c1c(-c3cccs3)ccc(=O)n1C2. The third-order valence-corrected chi connectivity index (χ3v) is 6.66. The molecule has 1 saturated heterocycles. The van der Waals surface area contributed by atoms with Gasteiger partial charge in [-0.15, -0.1) is 11.3 Å². The van der Waals surface area contributed by atoms with E-state index in [0.717, 1.165) is 22.6 Å². The molecule has 0 spiro atoms. The number of carbonyl (C=O) groups is 1. The second kappa shape index (κ2) is 6.71. The molecule has 28 heavy (non-hydrogen) atoms. The van der Waals surface area contributed by atoms with Crippen LogP contribution in [-0.2, 0) is 6.54 Å². The molecule has 2 aliphatic rings. The van der Waals surface area contributed by atoms with E-state index in [-0.39, 0.29) is 29.1 Å². The van der Waals surface area contributed by atoms with Crippen LogP contribution in [0, 0.1) is 11.7 Å². The lowest BCUT2D eigenvalue weighted by atomic mass is 9.81. The number of halogens is 1. The molecule has 0 radical (unpaired) electrons. The zero-order valence-corrected chi connectivity index (χ0v) is 16.0. The standard InChI is InChI=1S/C22H19FN2O2S/c23-17-5-3-15(4-6-17)22(27)24-11-14-10-16(13-24)21-18(19-2-1-9-28-19)7-8-20(26)25(21)12-14/h1-9,14,16H,10-13H2. The molecule has 0 saturated carbocycles. The van der Waals surface area contributed by atoms with Crippen LogP contribution in [0.3, 0.4) is 0 Å². The molecule has 2 unspecified atom stereocenters. The fourth-order valence-corrected chi connectivity index (χ4v) is 5.36. The van der Waals surface area contributed by atoms with Crippen LogP contribution in [0.15, 0.2) is 58.7 Å². The normalized spacial score (nSPS) is 20.7. The minimum absolute atomic E-state index is 0.0308. The number of rotatable bonds is 2. The van der Waals surface area contributed by atoms with Gasteiger partial charge in [0.25, 0.3) is 11.5 Å². The summed E-state index contributed by atoms with van der Waals surface area (Å²) in [5.41, 5.74) is 2.67. The van der Waals surface area contributed by atoms with Gasteiger partial charge in [0.15, 0.2) is 0 Å². The molecule has 0 N–H and O–H groups in total. The molecule has 1 aromatic carbocycles. The second-order valence-electron chi connectivity index (χ2n) is 7.57. The van der Waals surface area contributed by atoms with Gasteiger partial charge in [-0.25, -0.2) is 4.39 Å². The average Bonchev–Trinajstić information content (AvgIpc) is 3.23. The summed E-state index contributed by atoms with van der Waals surface area (Å²) in [5, 5.41) is 2.04.